The number of hydrogen-bond acceptors (Lipinski definition) is 1. The van der Waals surface area contributed by atoms with Crippen molar-refractivity contribution in [3.63, 3.8) is 0 Å². The van der Waals surface area contributed by atoms with Crippen molar-refractivity contribution in [2.45, 2.75) is 57.2 Å². The fourth-order valence-electron chi connectivity index (χ4n) is 3.31. The molecule has 0 aliphatic heterocycles. The normalized spacial score (nSPS) is 12.7. The number of benzene rings is 2. The molecule has 3 nitrogen and oxygen atoms in total. The zero-order chi connectivity index (χ0) is 19.6. The number of para-hydroxylation sites is 1. The third kappa shape index (κ3) is 4.38. The molecule has 4 heteroatoms. The Kier molecular flexibility index (Phi) is 5.95. The molecule has 1 aromatic heterocycles. The van der Waals surface area contributed by atoms with Gasteiger partial charge in [-0.3, -0.25) is 4.21 Å². The van der Waals surface area contributed by atoms with Gasteiger partial charge >= 0.3 is 0 Å². The average Bonchev–Trinajstić information content (AvgIpc) is 3.09. The Balaban J connectivity index is 1.92. The highest BCUT2D eigenvalue weighted by Crippen LogP contribution is 2.30. The van der Waals surface area contributed by atoms with Crippen LogP contribution in [0.25, 0.3) is 5.69 Å². The lowest BCUT2D eigenvalue weighted by atomic mass is 9.92. The van der Waals surface area contributed by atoms with Gasteiger partial charge in [0.1, 0.15) is 18.1 Å². The van der Waals surface area contributed by atoms with Crippen molar-refractivity contribution in [3.05, 3.63) is 77.9 Å². The van der Waals surface area contributed by atoms with E-state index in [1.165, 1.54) is 22.4 Å². The van der Waals surface area contributed by atoms with Crippen LogP contribution in [0.4, 0.5) is 0 Å². The number of aryl methyl sites for hydroxylation is 1. The highest BCUT2D eigenvalue weighted by atomic mass is 32.2. The number of imidazole rings is 1. The lowest BCUT2D eigenvalue weighted by Crippen LogP contribution is -2.33. The number of hydrogen-bond donors (Lipinski definition) is 0. The molecule has 1 unspecified atom stereocenters. The van der Waals surface area contributed by atoms with E-state index in [1.54, 1.807) is 0 Å². The molecule has 0 amide bonds. The third-order valence-electron chi connectivity index (χ3n) is 4.84. The van der Waals surface area contributed by atoms with Gasteiger partial charge in [0.25, 0.3) is 0 Å². The van der Waals surface area contributed by atoms with Crippen LogP contribution in [0.2, 0.25) is 0 Å². The largest absolute Gasteiger partial charge is 0.250 e. The first-order chi connectivity index (χ1) is 12.9. The maximum absolute atomic E-state index is 12.7. The van der Waals surface area contributed by atoms with E-state index in [2.05, 4.69) is 63.0 Å². The molecule has 0 aliphatic rings. The summed E-state index contributed by atoms with van der Waals surface area (Å²) in [6.07, 6.45) is 6.13. The summed E-state index contributed by atoms with van der Waals surface area (Å²) in [6.45, 7) is 11.0. The lowest BCUT2D eigenvalue weighted by molar-refractivity contribution is -0.676. The Morgan fingerprint density at radius 2 is 1.56 bits per heavy atom. The molecule has 0 fully saturated rings. The molecule has 1 heterocycles. The monoisotopic (exact) mass is 381 g/mol. The predicted molar refractivity (Wildman–Crippen MR) is 112 cm³/mol. The van der Waals surface area contributed by atoms with Crippen molar-refractivity contribution >= 4 is 10.8 Å². The van der Waals surface area contributed by atoms with Gasteiger partial charge in [-0.25, -0.2) is 9.13 Å². The maximum Gasteiger partial charge on any atom is 0.249 e. The summed E-state index contributed by atoms with van der Waals surface area (Å²) in [5, 5.41) is 0. The van der Waals surface area contributed by atoms with Crippen molar-refractivity contribution in [1.29, 1.82) is 0 Å². The molecular weight excluding hydrogens is 352 g/mol. The Bertz CT molecular complexity index is 913. The van der Waals surface area contributed by atoms with E-state index in [4.69, 9.17) is 0 Å². The van der Waals surface area contributed by atoms with E-state index in [0.717, 1.165) is 4.90 Å². The van der Waals surface area contributed by atoms with Crippen LogP contribution >= 0.6 is 0 Å². The van der Waals surface area contributed by atoms with Gasteiger partial charge in [0.15, 0.2) is 5.88 Å². The standard InChI is InChI=1S/C23H29N2OS/c1-17(2)21-7-6-8-22(18(3)4)23(21)25-14-13-24(15-25)16-27(26)20-11-9-19(5)10-12-20/h6-15,17-18H,16H2,1-5H3/q+1. The van der Waals surface area contributed by atoms with Gasteiger partial charge in [-0.15, -0.1) is 0 Å². The first-order valence-electron chi connectivity index (χ1n) is 9.52. The number of nitrogens with zero attached hydrogens (tertiary/aromatic N) is 2. The molecule has 142 valence electrons. The molecule has 3 aromatic rings. The molecular formula is C23H29N2OS+. The van der Waals surface area contributed by atoms with Gasteiger partial charge in [-0.05, 0) is 30.9 Å². The van der Waals surface area contributed by atoms with Gasteiger partial charge in [-0.1, -0.05) is 63.6 Å². The van der Waals surface area contributed by atoms with Crippen LogP contribution in [0.15, 0.2) is 66.1 Å². The minimum Gasteiger partial charge on any atom is -0.250 e. The van der Waals surface area contributed by atoms with E-state index in [0.29, 0.717) is 17.7 Å². The van der Waals surface area contributed by atoms with E-state index in [-0.39, 0.29) is 0 Å². The van der Waals surface area contributed by atoms with E-state index >= 15 is 0 Å². The lowest BCUT2D eigenvalue weighted by Gasteiger charge is -2.16. The van der Waals surface area contributed by atoms with Crippen LogP contribution in [0, 0.1) is 6.92 Å². The number of aromatic nitrogens is 2. The summed E-state index contributed by atoms with van der Waals surface area (Å²) in [5.41, 5.74) is 5.11. The highest BCUT2D eigenvalue weighted by molar-refractivity contribution is 7.83. The van der Waals surface area contributed by atoms with Crippen molar-refractivity contribution in [2.24, 2.45) is 0 Å². The summed E-state index contributed by atoms with van der Waals surface area (Å²) in [5.74, 6) is 1.34. The second-order valence-corrected chi connectivity index (χ2v) is 9.14. The Labute approximate surface area is 165 Å². The second-order valence-electron chi connectivity index (χ2n) is 7.72. The molecule has 0 saturated heterocycles. The predicted octanol–water partition coefficient (Wildman–Crippen LogP) is 5.09. The van der Waals surface area contributed by atoms with Crippen LogP contribution in [-0.2, 0) is 16.7 Å². The van der Waals surface area contributed by atoms with Crippen molar-refractivity contribution < 1.29 is 8.78 Å². The minimum atomic E-state index is -1.06. The van der Waals surface area contributed by atoms with Crippen LogP contribution in [0.5, 0.6) is 0 Å². The molecule has 27 heavy (non-hydrogen) atoms. The molecule has 0 aliphatic carbocycles. The van der Waals surface area contributed by atoms with Crippen molar-refractivity contribution in [3.8, 4) is 5.69 Å². The van der Waals surface area contributed by atoms with Crippen molar-refractivity contribution in [2.75, 3.05) is 0 Å². The summed E-state index contributed by atoms with van der Waals surface area (Å²) in [4.78, 5) is 0.867. The molecule has 0 saturated carbocycles. The maximum atomic E-state index is 12.7. The smallest absolute Gasteiger partial charge is 0.249 e. The zero-order valence-electron chi connectivity index (χ0n) is 16.8. The SMILES string of the molecule is Cc1ccc(S(=O)C[n+]2ccn(-c3c(C(C)C)cccc3C(C)C)c2)cc1. The molecule has 3 rings (SSSR count). The topological polar surface area (TPSA) is 25.9 Å². The van der Waals surface area contributed by atoms with E-state index in [9.17, 15) is 4.21 Å². The van der Waals surface area contributed by atoms with E-state index < -0.39 is 10.8 Å². The van der Waals surface area contributed by atoms with Gasteiger partial charge in [0, 0.05) is 16.0 Å². The number of rotatable bonds is 6. The highest BCUT2D eigenvalue weighted by Gasteiger charge is 2.20. The first-order valence-corrected chi connectivity index (χ1v) is 10.8. The fourth-order valence-corrected chi connectivity index (χ4v) is 4.32. The van der Waals surface area contributed by atoms with Crippen LogP contribution < -0.4 is 4.57 Å². The van der Waals surface area contributed by atoms with Gasteiger partial charge in [0.2, 0.25) is 6.33 Å². The summed E-state index contributed by atoms with van der Waals surface area (Å²) < 4.78 is 16.9. The molecule has 0 spiro atoms. The Morgan fingerprint density at radius 3 is 2.11 bits per heavy atom. The van der Waals surface area contributed by atoms with Crippen LogP contribution in [-0.4, -0.2) is 8.78 Å². The third-order valence-corrected chi connectivity index (χ3v) is 6.17. The molecule has 0 radical (unpaired) electrons. The summed E-state index contributed by atoms with van der Waals surface area (Å²) in [6, 6.07) is 14.5. The molecule has 1 atom stereocenters. The minimum absolute atomic E-state index is 0.441. The fraction of sp³-hybridized carbons (Fsp3) is 0.348. The Hall–Kier alpha value is -2.20. The quantitative estimate of drug-likeness (QED) is 0.546. The summed E-state index contributed by atoms with van der Waals surface area (Å²) in [7, 11) is -1.06. The van der Waals surface area contributed by atoms with Gasteiger partial charge in [-0.2, -0.15) is 0 Å². The van der Waals surface area contributed by atoms with Gasteiger partial charge in [0.05, 0.1) is 10.8 Å². The second kappa shape index (κ2) is 8.22. The van der Waals surface area contributed by atoms with E-state index in [1.807, 2.05) is 42.0 Å². The Morgan fingerprint density at radius 1 is 0.963 bits per heavy atom. The molecule has 2 aromatic carbocycles. The first kappa shape index (κ1) is 19.6. The van der Waals surface area contributed by atoms with Crippen LogP contribution in [0.1, 0.15) is 56.2 Å². The summed E-state index contributed by atoms with van der Waals surface area (Å²) >= 11 is 0. The van der Waals surface area contributed by atoms with Crippen LogP contribution in [0.3, 0.4) is 0 Å². The van der Waals surface area contributed by atoms with Gasteiger partial charge < -0.3 is 0 Å². The molecule has 0 bridgehead atoms. The zero-order valence-corrected chi connectivity index (χ0v) is 17.7. The van der Waals surface area contributed by atoms with Crippen molar-refractivity contribution in [1.82, 2.24) is 4.57 Å². The molecule has 0 N–H and O–H groups in total. The average molecular weight is 382 g/mol.